The second kappa shape index (κ2) is 50.2. The van der Waals surface area contributed by atoms with Crippen LogP contribution in [0.25, 0.3) is 0 Å². The first kappa shape index (κ1) is 115. The zero-order chi connectivity index (χ0) is 107. The van der Waals surface area contributed by atoms with Crippen LogP contribution >= 0.6 is 0 Å². The Kier molecular flexibility index (Phi) is 39.4. The third-order valence-corrected chi connectivity index (χ3v) is 28.9. The molecule has 15 rings (SSSR count). The summed E-state index contributed by atoms with van der Waals surface area (Å²) in [6.45, 7) is 64.5. The Bertz CT molecular complexity index is 6010. The summed E-state index contributed by atoms with van der Waals surface area (Å²) in [5, 5.41) is 0. The molecule has 0 saturated carbocycles. The monoisotopic (exact) mass is 1940 g/mol. The highest BCUT2D eigenvalue weighted by Crippen LogP contribution is 2.51. The number of carbonyl (C=O) groups is 3. The van der Waals surface area contributed by atoms with E-state index in [4.69, 9.17) is 14.2 Å². The van der Waals surface area contributed by atoms with Gasteiger partial charge in [0.25, 0.3) is 0 Å². The van der Waals surface area contributed by atoms with Crippen LogP contribution in [0.4, 0.5) is 0 Å². The first-order valence-corrected chi connectivity index (χ1v) is 52.7. The fraction of sp³-hybridized carbons (Fsp3) is 0.336. The summed E-state index contributed by atoms with van der Waals surface area (Å²) in [4.78, 5) is 31.8. The Labute approximate surface area is 879 Å². The number of hydrogen-bond donors (Lipinski definition) is 0. The van der Waals surface area contributed by atoms with Gasteiger partial charge in [0.1, 0.15) is 16.8 Å². The lowest BCUT2D eigenvalue weighted by molar-refractivity contribution is -0.155. The third kappa shape index (κ3) is 30.7. The Hall–Kier alpha value is -13.3. The molecule has 15 aromatic rings. The zero-order valence-corrected chi connectivity index (χ0v) is 94.0. The molecule has 0 aliphatic heterocycles. The summed E-state index contributed by atoms with van der Waals surface area (Å²) in [5.74, 6) is -0.410. The highest BCUT2D eigenvalue weighted by Gasteiger charge is 2.42. The maximum atomic E-state index is 10.6. The van der Waals surface area contributed by atoms with E-state index in [9.17, 15) is 14.4 Å². The van der Waals surface area contributed by atoms with Gasteiger partial charge < -0.3 is 14.2 Å². The van der Waals surface area contributed by atoms with Gasteiger partial charge in [-0.25, -0.2) is 0 Å². The van der Waals surface area contributed by atoms with Crippen LogP contribution in [0.1, 0.15) is 329 Å². The van der Waals surface area contributed by atoms with Gasteiger partial charge >= 0.3 is 17.9 Å². The zero-order valence-electron chi connectivity index (χ0n) is 94.0. The number of esters is 3. The lowest BCUT2D eigenvalue weighted by Gasteiger charge is -2.39. The molecule has 762 valence electrons. The normalized spacial score (nSPS) is 11.8. The highest BCUT2D eigenvalue weighted by molar-refractivity contribution is 5.70. The molecule has 0 unspecified atom stereocenters. The van der Waals surface area contributed by atoms with Gasteiger partial charge in [-0.15, -0.1) is 0 Å². The van der Waals surface area contributed by atoms with Crippen molar-refractivity contribution in [1.82, 2.24) is 0 Å². The minimum absolute atomic E-state index is 0.0306. The summed E-state index contributed by atoms with van der Waals surface area (Å²) in [5.41, 5.74) is 37.9. The largest absolute Gasteiger partial charge is 0.460 e. The average molecular weight is 1940 g/mol. The maximum absolute atomic E-state index is 10.6. The highest BCUT2D eigenvalue weighted by atomic mass is 16.6. The summed E-state index contributed by atoms with van der Waals surface area (Å²) in [6, 6.07) is 136. The molecule has 0 heterocycles. The number of benzene rings is 15. The van der Waals surface area contributed by atoms with Crippen LogP contribution in [-0.2, 0) is 73.9 Å². The lowest BCUT2D eigenvalue weighted by atomic mass is 9.63. The van der Waals surface area contributed by atoms with Crippen molar-refractivity contribution >= 4 is 17.9 Å². The molecule has 6 heteroatoms. The summed E-state index contributed by atoms with van der Waals surface area (Å²) in [6.07, 6.45) is 5.68. The van der Waals surface area contributed by atoms with Crippen molar-refractivity contribution in [3.05, 3.63) is 530 Å². The van der Waals surface area contributed by atoms with Gasteiger partial charge in [0, 0.05) is 51.8 Å². The van der Waals surface area contributed by atoms with Crippen molar-refractivity contribution in [3.8, 4) is 0 Å². The van der Waals surface area contributed by atoms with Crippen LogP contribution in [-0.4, -0.2) is 34.7 Å². The van der Waals surface area contributed by atoms with E-state index < -0.39 is 16.2 Å². The standard InChI is InChI=1S/C54H54.C33H36.C32H34.3C7H14O2/c1-37-10-22-43(23-11-37)52(7,44-24-12-38(2)13-25-44)49-34-50(53(8,45-26-14-39(3)15-27-45)46-28-16-40(4)17-29-46)36-51(35-49)54(9,47-30-18-41(5)19-31-47)48-32-20-42(6)21-33-48;1-25-5-13-29(14-6-25)21-23-33(31-17-9-27(3)10-18-31,32-19-11-28(4)12-20-32)24-22-30-15-7-26(2)8-16-30;1-23-7-13-26(14-8-23)31(4,5)27-19-21-30(22-20-27)32(6,28-15-9-24(2)10-16-28)29-17-11-25(3)12-18-29;3*1-5-6(8)9-7(2,3)4/h10-36H,1-9H3;5-20H,21-24H2,1-4H3;7-22H,1-6H3;3*5H2,1-4H3. The Balaban J connectivity index is 0.000000205. The molecular weight excluding hydrogens is 1780 g/mol. The number of hydrogen-bond acceptors (Lipinski definition) is 6. The molecule has 0 atom stereocenters. The molecule has 0 aromatic heterocycles. The first-order valence-electron chi connectivity index (χ1n) is 52.7. The van der Waals surface area contributed by atoms with Crippen LogP contribution in [0.2, 0.25) is 0 Å². The predicted molar refractivity (Wildman–Crippen MR) is 618 cm³/mol. The number of aryl methyl sites for hydroxylation is 15. The second-order valence-corrected chi connectivity index (χ2v) is 44.9. The molecule has 0 aliphatic rings. The molecule has 146 heavy (non-hydrogen) atoms. The molecule has 0 bridgehead atoms. The van der Waals surface area contributed by atoms with Gasteiger partial charge in [0.2, 0.25) is 0 Å². The molecule has 6 nitrogen and oxygen atoms in total. The fourth-order valence-corrected chi connectivity index (χ4v) is 19.0. The van der Waals surface area contributed by atoms with E-state index in [0.29, 0.717) is 19.3 Å². The van der Waals surface area contributed by atoms with E-state index in [2.05, 4.69) is 489 Å². The minimum atomic E-state index is -0.449. The van der Waals surface area contributed by atoms with E-state index in [1.165, 1.54) is 172 Å². The molecule has 0 spiro atoms. The van der Waals surface area contributed by atoms with Crippen LogP contribution in [0.15, 0.2) is 358 Å². The first-order chi connectivity index (χ1) is 68.8. The van der Waals surface area contributed by atoms with Crippen LogP contribution in [0.5, 0.6) is 0 Å². The van der Waals surface area contributed by atoms with E-state index in [1.807, 2.05) is 62.3 Å². The Morgan fingerprint density at radius 1 is 0.178 bits per heavy atom. The summed E-state index contributed by atoms with van der Waals surface area (Å²) >= 11 is 0. The van der Waals surface area contributed by atoms with Crippen LogP contribution in [0.3, 0.4) is 0 Å². The molecule has 0 radical (unpaired) electrons. The Morgan fingerprint density at radius 3 is 0.459 bits per heavy atom. The van der Waals surface area contributed by atoms with Gasteiger partial charge in [-0.3, -0.25) is 14.4 Å². The molecule has 0 saturated heterocycles. The Morgan fingerprint density at radius 2 is 0.308 bits per heavy atom. The average Bonchev–Trinajstić information content (AvgIpc) is 0.730. The second-order valence-electron chi connectivity index (χ2n) is 44.9. The summed E-state index contributed by atoms with van der Waals surface area (Å²) in [7, 11) is 0. The van der Waals surface area contributed by atoms with Gasteiger partial charge in [-0.1, -0.05) is 465 Å². The molecule has 0 aliphatic carbocycles. The topological polar surface area (TPSA) is 78.9 Å². The fourth-order valence-electron chi connectivity index (χ4n) is 19.0. The minimum Gasteiger partial charge on any atom is -0.460 e. The molecule has 0 N–H and O–H groups in total. The van der Waals surface area contributed by atoms with Crippen molar-refractivity contribution in [2.75, 3.05) is 0 Å². The van der Waals surface area contributed by atoms with E-state index in [1.54, 1.807) is 20.8 Å². The number of ether oxygens (including phenoxy) is 3. The van der Waals surface area contributed by atoms with Gasteiger partial charge in [0.05, 0.1) is 0 Å². The van der Waals surface area contributed by atoms with Crippen molar-refractivity contribution in [2.45, 2.75) is 309 Å². The SMILES string of the molecule is CCC(=O)OC(C)(C)C.CCC(=O)OC(C)(C)C.CCC(=O)OC(C)(C)C.Cc1ccc(C(C)(C)c2ccc(C(C)(c3ccc(C)cc3)c3ccc(C)cc3)cc2)cc1.Cc1ccc(C(C)(c2ccc(C)cc2)c2cc(C(C)(c3ccc(C)cc3)c3ccc(C)cc3)cc(C(C)(c3ccc(C)cc3)c3ccc(C)cc3)c2)cc1.Cc1ccc(CCC(CCc2ccc(C)cc2)(c2ccc(C)cc2)c2ccc(C)cc2)cc1. The van der Waals surface area contributed by atoms with Crippen LogP contribution < -0.4 is 0 Å². The van der Waals surface area contributed by atoms with Gasteiger partial charge in [-0.2, -0.15) is 0 Å². The molecular formula is C140H166O6. The maximum Gasteiger partial charge on any atom is 0.306 e. The summed E-state index contributed by atoms with van der Waals surface area (Å²) < 4.78 is 14.8. The van der Waals surface area contributed by atoms with Gasteiger partial charge in [0.15, 0.2) is 0 Å². The number of carbonyl (C=O) groups excluding carboxylic acids is 3. The van der Waals surface area contributed by atoms with E-state index >= 15 is 0 Å². The lowest BCUT2D eigenvalue weighted by Crippen LogP contribution is -2.32. The van der Waals surface area contributed by atoms with Crippen molar-refractivity contribution in [2.24, 2.45) is 0 Å². The predicted octanol–water partition coefficient (Wildman–Crippen LogP) is 35.6. The third-order valence-electron chi connectivity index (χ3n) is 28.9. The molecule has 15 aromatic carbocycles. The van der Waals surface area contributed by atoms with Crippen LogP contribution in [0, 0.1) is 90.0 Å². The van der Waals surface area contributed by atoms with E-state index in [-0.39, 0.29) is 51.0 Å². The van der Waals surface area contributed by atoms with Crippen molar-refractivity contribution in [3.63, 3.8) is 0 Å². The quantitative estimate of drug-likeness (QED) is 0.0322. The van der Waals surface area contributed by atoms with Crippen molar-refractivity contribution in [1.29, 1.82) is 0 Å². The van der Waals surface area contributed by atoms with E-state index in [0.717, 1.165) is 25.7 Å². The molecule has 0 fully saturated rings. The molecule has 0 amide bonds. The number of rotatable bonds is 25. The van der Waals surface area contributed by atoms with Crippen molar-refractivity contribution < 1.29 is 28.6 Å². The smallest absolute Gasteiger partial charge is 0.306 e. The van der Waals surface area contributed by atoms with Gasteiger partial charge in [-0.05, 0) is 306 Å².